The molecule has 0 spiro atoms. The molecule has 2 aliphatic rings. The van der Waals surface area contributed by atoms with Crippen molar-refractivity contribution in [2.24, 2.45) is 5.92 Å². The first-order valence-electron chi connectivity index (χ1n) is 15.4. The van der Waals surface area contributed by atoms with E-state index in [2.05, 4.69) is 18.7 Å². The molecule has 4 aromatic rings. The second-order valence-electron chi connectivity index (χ2n) is 11.6. The maximum Gasteiger partial charge on any atom is 0.343 e. The van der Waals surface area contributed by atoms with Gasteiger partial charge in [0.05, 0.1) is 29.4 Å². The number of aryl methyl sites for hydroxylation is 2. The van der Waals surface area contributed by atoms with E-state index < -0.39 is 11.9 Å². The third-order valence-corrected chi connectivity index (χ3v) is 8.88. The summed E-state index contributed by atoms with van der Waals surface area (Å²) in [4.78, 5) is 24.0. The van der Waals surface area contributed by atoms with Crippen LogP contribution in [-0.4, -0.2) is 37.0 Å². The largest absolute Gasteiger partial charge is 0.493 e. The molecule has 1 heterocycles. The highest BCUT2D eigenvalue weighted by Gasteiger charge is 2.43. The Labute approximate surface area is 273 Å². The molecule has 234 valence electrons. The lowest BCUT2D eigenvalue weighted by molar-refractivity contribution is -0.128. The summed E-state index contributed by atoms with van der Waals surface area (Å²) in [7, 11) is 0. The summed E-state index contributed by atoms with van der Waals surface area (Å²) in [5.41, 5.74) is 4.80. The van der Waals surface area contributed by atoms with Gasteiger partial charge in [0.1, 0.15) is 17.2 Å². The molecule has 8 heteroatoms. The van der Waals surface area contributed by atoms with E-state index in [-0.39, 0.29) is 0 Å². The number of ether oxygens (including phenoxy) is 4. The van der Waals surface area contributed by atoms with Gasteiger partial charge in [0.15, 0.2) is 0 Å². The van der Waals surface area contributed by atoms with Crippen LogP contribution in [0.1, 0.15) is 46.3 Å². The minimum atomic E-state index is -0.581. The second kappa shape index (κ2) is 14.1. The first-order chi connectivity index (χ1) is 22.4. The van der Waals surface area contributed by atoms with Crippen molar-refractivity contribution in [3.8, 4) is 28.4 Å². The van der Waals surface area contributed by atoms with Crippen molar-refractivity contribution in [2.75, 3.05) is 6.61 Å². The fourth-order valence-electron chi connectivity index (χ4n) is 5.80. The summed E-state index contributed by atoms with van der Waals surface area (Å²) >= 11 is 6.82. The highest BCUT2D eigenvalue weighted by Crippen LogP contribution is 2.39. The first-order valence-corrected chi connectivity index (χ1v) is 15.7. The van der Waals surface area contributed by atoms with Crippen LogP contribution in [0.2, 0.25) is 5.02 Å². The van der Waals surface area contributed by atoms with E-state index >= 15 is 0 Å². The molecule has 1 aliphatic carbocycles. The molecule has 3 atom stereocenters. The fourth-order valence-corrected chi connectivity index (χ4v) is 6.15. The number of esters is 2. The molecule has 2 fully saturated rings. The van der Waals surface area contributed by atoms with Gasteiger partial charge in [-0.05, 0) is 103 Å². The van der Waals surface area contributed by atoms with Gasteiger partial charge in [0.2, 0.25) is 0 Å². The Morgan fingerprint density at radius 1 is 0.848 bits per heavy atom. The number of fused-ring (bicyclic) bond motifs is 1. The number of hydrogen-bond donors (Lipinski definition) is 1. The third-order valence-electron chi connectivity index (χ3n) is 8.47. The summed E-state index contributed by atoms with van der Waals surface area (Å²) in [6, 6.07) is 25.3. The molecule has 46 heavy (non-hydrogen) atoms. The van der Waals surface area contributed by atoms with Crippen LogP contribution in [0.15, 0.2) is 97.6 Å². The molecule has 1 N–H and O–H groups in total. The molecule has 1 saturated heterocycles. The Morgan fingerprint density at radius 3 is 2.24 bits per heavy atom. The fraction of sp³-hybridized carbons (Fsp3) is 0.237. The number of halogens is 1. The predicted octanol–water partition coefficient (Wildman–Crippen LogP) is 8.05. The molecule has 0 amide bonds. The smallest absolute Gasteiger partial charge is 0.343 e. The molecule has 7 nitrogen and oxygen atoms in total. The quantitative estimate of drug-likeness (QED) is 0.0556. The summed E-state index contributed by atoms with van der Waals surface area (Å²) in [6.45, 7) is 4.09. The van der Waals surface area contributed by atoms with Crippen molar-refractivity contribution < 1.29 is 28.5 Å². The molecule has 3 unspecified atom stereocenters. The van der Waals surface area contributed by atoms with Gasteiger partial charge in [-0.15, -0.1) is 0 Å². The van der Waals surface area contributed by atoms with E-state index in [4.69, 9.17) is 36.0 Å². The molecule has 1 aliphatic heterocycles. The van der Waals surface area contributed by atoms with Gasteiger partial charge < -0.3 is 24.4 Å². The topological polar surface area (TPSA) is 98.2 Å². The average Bonchev–Trinajstić information content (AvgIpc) is 3.87. The van der Waals surface area contributed by atoms with Crippen molar-refractivity contribution in [3.05, 3.63) is 125 Å². The lowest BCUT2D eigenvalue weighted by atomic mass is 9.90. The van der Waals surface area contributed by atoms with Crippen molar-refractivity contribution in [1.29, 1.82) is 5.41 Å². The van der Waals surface area contributed by atoms with E-state index in [9.17, 15) is 9.59 Å². The van der Waals surface area contributed by atoms with Crippen molar-refractivity contribution in [3.63, 3.8) is 0 Å². The maximum atomic E-state index is 12.6. The first kappa shape index (κ1) is 31.3. The molecule has 1 saturated carbocycles. The van der Waals surface area contributed by atoms with Gasteiger partial charge in [-0.3, -0.25) is 0 Å². The minimum Gasteiger partial charge on any atom is -0.493 e. The van der Waals surface area contributed by atoms with Crippen molar-refractivity contribution in [1.82, 2.24) is 0 Å². The Morgan fingerprint density at radius 2 is 1.54 bits per heavy atom. The van der Waals surface area contributed by atoms with Crippen LogP contribution in [0, 0.1) is 11.3 Å². The lowest BCUT2D eigenvalue weighted by Crippen LogP contribution is -2.19. The number of rotatable bonds is 12. The van der Waals surface area contributed by atoms with Crippen molar-refractivity contribution in [2.45, 2.75) is 44.3 Å². The lowest BCUT2D eigenvalue weighted by Gasteiger charge is -2.19. The van der Waals surface area contributed by atoms with E-state index in [1.807, 2.05) is 36.4 Å². The van der Waals surface area contributed by atoms with Gasteiger partial charge in [-0.2, -0.15) is 0 Å². The minimum absolute atomic E-state index is 0.301. The number of epoxide rings is 1. The van der Waals surface area contributed by atoms with Crippen LogP contribution < -0.4 is 14.2 Å². The Bertz CT molecular complexity index is 1730. The maximum absolute atomic E-state index is 12.6. The predicted molar refractivity (Wildman–Crippen MR) is 177 cm³/mol. The standard InChI is InChI=1S/C38H34ClNO6/c1-2-36(41)44-30-17-10-28(11-18-30)38(42)45-31-15-8-26(9-16-31)32-19-12-27(33(22-40)37(32)39)7-3-24-4-13-29(14-5-24)43-23-25-6-20-34-35(21-25)46-34/h2,4-5,8-19,22,25,34-35,40H,1,3,6-7,20-21,23H2. The zero-order chi connectivity index (χ0) is 32.0. The highest BCUT2D eigenvalue weighted by molar-refractivity contribution is 6.36. The zero-order valence-corrected chi connectivity index (χ0v) is 26.0. The Hall–Kier alpha value is -4.72. The van der Waals surface area contributed by atoms with Gasteiger partial charge >= 0.3 is 11.9 Å². The van der Waals surface area contributed by atoms with E-state index in [1.165, 1.54) is 42.5 Å². The third kappa shape index (κ3) is 7.56. The Balaban J connectivity index is 1.04. The molecule has 6 rings (SSSR count). The monoisotopic (exact) mass is 635 g/mol. The number of nitrogens with one attached hydrogen (secondary N) is 1. The number of carbonyl (C=O) groups excluding carboxylic acids is 2. The number of carbonyl (C=O) groups is 2. The van der Waals surface area contributed by atoms with Crippen LogP contribution in [0.5, 0.6) is 17.2 Å². The summed E-state index contributed by atoms with van der Waals surface area (Å²) in [5.74, 6) is 0.998. The zero-order valence-electron chi connectivity index (χ0n) is 25.2. The van der Waals surface area contributed by atoms with E-state index in [0.29, 0.717) is 45.8 Å². The average molecular weight is 636 g/mol. The van der Waals surface area contributed by atoms with Crippen LogP contribution in [0.25, 0.3) is 11.1 Å². The molecular weight excluding hydrogens is 602 g/mol. The second-order valence-corrected chi connectivity index (χ2v) is 11.9. The molecule has 0 bridgehead atoms. The van der Waals surface area contributed by atoms with E-state index in [0.717, 1.165) is 60.8 Å². The van der Waals surface area contributed by atoms with Gasteiger partial charge in [-0.1, -0.05) is 54.6 Å². The van der Waals surface area contributed by atoms with Crippen molar-refractivity contribution >= 4 is 29.8 Å². The molecule has 0 aromatic heterocycles. The van der Waals surface area contributed by atoms with E-state index in [1.54, 1.807) is 12.1 Å². The number of hydrogen-bond acceptors (Lipinski definition) is 7. The molecule has 0 radical (unpaired) electrons. The molecule has 4 aromatic carbocycles. The SMILES string of the molecule is C=CC(=O)Oc1ccc(C(=O)Oc2ccc(-c3ccc(CCc4ccc(OCC5CCC6OC6C5)cc4)c(C=N)c3Cl)cc2)cc1. The summed E-state index contributed by atoms with van der Waals surface area (Å²) in [6.07, 6.45) is 8.32. The van der Waals surface area contributed by atoms with Crippen LogP contribution in [0.4, 0.5) is 0 Å². The van der Waals surface area contributed by atoms with Crippen LogP contribution >= 0.6 is 11.6 Å². The summed E-state index contributed by atoms with van der Waals surface area (Å²) < 4.78 is 22.2. The van der Waals surface area contributed by atoms with Crippen LogP contribution in [-0.2, 0) is 22.4 Å². The molecular formula is C38H34ClNO6. The summed E-state index contributed by atoms with van der Waals surface area (Å²) in [5, 5.41) is 8.57. The van der Waals surface area contributed by atoms with Gasteiger partial charge in [0.25, 0.3) is 0 Å². The van der Waals surface area contributed by atoms with Crippen LogP contribution in [0.3, 0.4) is 0 Å². The number of benzene rings is 4. The Kier molecular flexibility index (Phi) is 9.62. The van der Waals surface area contributed by atoms with Gasteiger partial charge in [0, 0.05) is 23.4 Å². The highest BCUT2D eigenvalue weighted by atomic mass is 35.5. The van der Waals surface area contributed by atoms with Gasteiger partial charge in [-0.25, -0.2) is 9.59 Å². The normalized spacial score (nSPS) is 18.2.